The second-order valence-corrected chi connectivity index (χ2v) is 26.2. The summed E-state index contributed by atoms with van der Waals surface area (Å²) < 4.78 is 68.6. The van der Waals surface area contributed by atoms with Gasteiger partial charge in [0.05, 0.1) is 24.9 Å². The Labute approximate surface area is 298 Å². The lowest BCUT2D eigenvalue weighted by Crippen LogP contribution is -2.47. The summed E-state index contributed by atoms with van der Waals surface area (Å²) in [4.78, 5) is 20.0. The summed E-state index contributed by atoms with van der Waals surface area (Å²) in [5, 5.41) is 8.92. The lowest BCUT2D eigenvalue weighted by molar-refractivity contribution is -0.131. The number of aliphatic carboxylic acids is 1. The van der Waals surface area contributed by atoms with Crippen molar-refractivity contribution < 1.29 is 46.8 Å². The van der Waals surface area contributed by atoms with Crippen molar-refractivity contribution in [2.24, 2.45) is 0 Å². The molecule has 0 bridgehead atoms. The number of imidazole rings is 1. The fourth-order valence-electron chi connectivity index (χ4n) is 5.32. The van der Waals surface area contributed by atoms with E-state index in [9.17, 15) is 13.6 Å². The van der Waals surface area contributed by atoms with E-state index in [1.807, 2.05) is 0 Å². The first-order chi connectivity index (χ1) is 23.3. The lowest BCUT2D eigenvalue weighted by atomic mass is 10.1. The van der Waals surface area contributed by atoms with E-state index in [2.05, 4.69) is 63.5 Å². The van der Waals surface area contributed by atoms with Gasteiger partial charge < -0.3 is 33.2 Å². The summed E-state index contributed by atoms with van der Waals surface area (Å²) >= 11 is 6.52. The van der Waals surface area contributed by atoms with Crippen LogP contribution in [0.2, 0.25) is 48.8 Å². The van der Waals surface area contributed by atoms with Crippen molar-refractivity contribution in [2.75, 3.05) is 19.8 Å². The Morgan fingerprint density at radius 3 is 2.32 bits per heavy atom. The largest absolute Gasteiger partial charge is 0.478 e. The van der Waals surface area contributed by atoms with Crippen LogP contribution in [0.5, 0.6) is 11.9 Å². The van der Waals surface area contributed by atoms with E-state index in [4.69, 9.17) is 44.8 Å². The average Bonchev–Trinajstić information content (AvgIpc) is 3.67. The minimum atomic E-state index is -2.07. The van der Waals surface area contributed by atoms with Gasteiger partial charge in [0, 0.05) is 20.8 Å². The molecule has 5 rings (SSSR count). The van der Waals surface area contributed by atoms with E-state index >= 15 is 0 Å². The predicted molar refractivity (Wildman–Crippen MR) is 190 cm³/mol. The fraction of sp³-hybridized carbons (Fsp3) is 0.559. The van der Waals surface area contributed by atoms with Crippen LogP contribution >= 0.6 is 11.6 Å². The van der Waals surface area contributed by atoms with Gasteiger partial charge in [0.15, 0.2) is 20.1 Å². The van der Waals surface area contributed by atoms with Crippen LogP contribution in [0.3, 0.4) is 0 Å². The number of carboxylic acids is 1. The number of nitrogens with zero attached hydrogens (tertiary/aromatic N) is 3. The third-order valence-corrected chi connectivity index (χ3v) is 15.7. The van der Waals surface area contributed by atoms with Crippen molar-refractivity contribution in [3.8, 4) is 11.9 Å². The molecule has 4 atom stereocenters. The average molecular weight is 754 g/mol. The molecule has 0 radical (unpaired) electrons. The van der Waals surface area contributed by atoms with Gasteiger partial charge in [0.25, 0.3) is 0 Å². The third kappa shape index (κ3) is 8.92. The smallest absolute Gasteiger partial charge is 0.328 e. The van der Waals surface area contributed by atoms with Crippen molar-refractivity contribution in [2.45, 2.75) is 102 Å². The molecule has 2 aliphatic rings. The number of rotatable bonds is 14. The van der Waals surface area contributed by atoms with E-state index < -0.39 is 46.7 Å². The highest BCUT2D eigenvalue weighted by atomic mass is 35.5. The molecule has 0 spiro atoms. The first-order valence-corrected chi connectivity index (χ1v) is 23.6. The van der Waals surface area contributed by atoms with Crippen molar-refractivity contribution in [3.63, 3.8) is 0 Å². The Kier molecular flexibility index (Phi) is 11.5. The van der Waals surface area contributed by atoms with Gasteiger partial charge in [-0.05, 0) is 54.0 Å². The van der Waals surface area contributed by atoms with Gasteiger partial charge in [-0.15, -0.1) is 0 Å². The summed E-state index contributed by atoms with van der Waals surface area (Å²) in [6.07, 6.45) is 0.560. The molecule has 3 aromatic rings. The maximum atomic E-state index is 14.8. The zero-order chi connectivity index (χ0) is 36.6. The molecule has 0 aliphatic carbocycles. The SMILES string of the molecule is CC(C)(C)[Si](C)(C)O[C@@H]1CO[C@H]2[C@@H]1OC[C@H]2Oc1nc2cc(Cl)c(OCc3c(F)cc(/C=C/C(=O)O)cc3F)nc2n1COCC[Si](C)(C)C. The monoisotopic (exact) mass is 753 g/mol. The molecule has 274 valence electrons. The second kappa shape index (κ2) is 15.0. The van der Waals surface area contributed by atoms with Crippen LogP contribution in [0.25, 0.3) is 17.2 Å². The van der Waals surface area contributed by atoms with Crippen molar-refractivity contribution in [3.05, 3.63) is 52.1 Å². The zero-order valence-electron chi connectivity index (χ0n) is 29.7. The minimum Gasteiger partial charge on any atom is -0.478 e. The van der Waals surface area contributed by atoms with Gasteiger partial charge in [0.2, 0.25) is 5.88 Å². The molecular formula is C34H46ClF2N3O8Si2. The maximum absolute atomic E-state index is 14.8. The van der Waals surface area contributed by atoms with Crippen LogP contribution in [0, 0.1) is 11.6 Å². The quantitative estimate of drug-likeness (QED) is 0.102. The predicted octanol–water partition coefficient (Wildman–Crippen LogP) is 7.29. The van der Waals surface area contributed by atoms with Gasteiger partial charge in [0.1, 0.15) is 47.7 Å². The van der Waals surface area contributed by atoms with E-state index in [0.29, 0.717) is 24.4 Å². The Balaban J connectivity index is 1.38. The Bertz CT molecular complexity index is 1720. The number of fused-ring (bicyclic) bond motifs is 2. The summed E-state index contributed by atoms with van der Waals surface area (Å²) in [7, 11) is -3.45. The Morgan fingerprint density at radius 1 is 1.06 bits per heavy atom. The molecule has 2 aromatic heterocycles. The van der Waals surface area contributed by atoms with Crippen LogP contribution in [-0.2, 0) is 36.8 Å². The molecule has 4 heterocycles. The normalized spacial score (nSPS) is 21.3. The van der Waals surface area contributed by atoms with Crippen LogP contribution in [-0.4, -0.2) is 86.2 Å². The van der Waals surface area contributed by atoms with Crippen LogP contribution in [0.4, 0.5) is 8.78 Å². The molecule has 2 saturated heterocycles. The van der Waals surface area contributed by atoms with E-state index in [1.165, 1.54) is 0 Å². The van der Waals surface area contributed by atoms with Crippen LogP contribution in [0.1, 0.15) is 31.9 Å². The lowest BCUT2D eigenvalue weighted by Gasteiger charge is -2.39. The molecule has 11 nitrogen and oxygen atoms in total. The number of ether oxygens (including phenoxy) is 5. The van der Waals surface area contributed by atoms with Gasteiger partial charge in [-0.25, -0.2) is 13.6 Å². The number of halogens is 3. The van der Waals surface area contributed by atoms with Crippen molar-refractivity contribution in [1.82, 2.24) is 14.5 Å². The number of hydrogen-bond acceptors (Lipinski definition) is 9. The highest BCUT2D eigenvalue weighted by Crippen LogP contribution is 2.41. The first-order valence-electron chi connectivity index (χ1n) is 16.6. The Hall–Kier alpha value is -2.93. The molecule has 0 unspecified atom stereocenters. The van der Waals surface area contributed by atoms with E-state index in [1.54, 1.807) is 10.6 Å². The molecule has 50 heavy (non-hydrogen) atoms. The summed E-state index contributed by atoms with van der Waals surface area (Å²) in [6.45, 7) is 18.5. The number of carboxylic acid groups (broad SMARTS) is 1. The fourth-order valence-corrected chi connectivity index (χ4v) is 7.59. The number of benzene rings is 1. The molecule has 1 aromatic carbocycles. The second-order valence-electron chi connectivity index (χ2n) is 15.4. The molecule has 0 amide bonds. The Morgan fingerprint density at radius 2 is 1.70 bits per heavy atom. The van der Waals surface area contributed by atoms with E-state index in [-0.39, 0.29) is 64.7 Å². The highest BCUT2D eigenvalue weighted by Gasteiger charge is 2.52. The summed E-state index contributed by atoms with van der Waals surface area (Å²) in [5.41, 5.74) is 0.422. The topological polar surface area (TPSA) is 123 Å². The minimum absolute atomic E-state index is 0.0324. The van der Waals surface area contributed by atoms with Gasteiger partial charge in [-0.2, -0.15) is 9.97 Å². The van der Waals surface area contributed by atoms with Gasteiger partial charge >= 0.3 is 12.0 Å². The number of hydrogen-bond donors (Lipinski definition) is 1. The molecular weight excluding hydrogens is 708 g/mol. The van der Waals surface area contributed by atoms with Crippen LogP contribution in [0.15, 0.2) is 24.3 Å². The zero-order valence-corrected chi connectivity index (χ0v) is 32.5. The molecule has 16 heteroatoms. The number of carbonyl (C=O) groups is 1. The molecule has 2 aliphatic heterocycles. The number of pyridine rings is 1. The molecule has 2 fully saturated rings. The van der Waals surface area contributed by atoms with Crippen molar-refractivity contribution >= 4 is 51.2 Å². The summed E-state index contributed by atoms with van der Waals surface area (Å²) in [6, 6.07) is 4.74. The molecule has 1 N–H and O–H groups in total. The standard InChI is InChI=1S/C34H46ClF2N3O8Si2/c1-34(2,3)50(7,8)48-27-18-45-29-26(17-44-30(27)29)47-33-38-25-15-22(35)32(39-31(25)40(33)19-43-11-12-49(4,5)6)46-16-21-23(36)13-20(14-24(21)37)9-10-28(41)42/h9-10,13-15,26-27,29-30H,11-12,16-19H2,1-8H3,(H,41,42)/b10-9+/t26-,27-,29-,30-/m1/s1. The summed E-state index contributed by atoms with van der Waals surface area (Å²) in [5.74, 6) is -3.13. The van der Waals surface area contributed by atoms with Gasteiger partial charge in [-0.1, -0.05) is 52.0 Å². The van der Waals surface area contributed by atoms with Crippen molar-refractivity contribution in [1.29, 1.82) is 0 Å². The molecule has 0 saturated carbocycles. The van der Waals surface area contributed by atoms with Gasteiger partial charge in [-0.3, -0.25) is 4.57 Å². The highest BCUT2D eigenvalue weighted by molar-refractivity contribution is 6.76. The number of aromatic nitrogens is 3. The van der Waals surface area contributed by atoms with E-state index in [0.717, 1.165) is 30.3 Å². The van der Waals surface area contributed by atoms with Crippen LogP contribution < -0.4 is 9.47 Å². The third-order valence-electron chi connectivity index (χ3n) is 9.23. The first kappa shape index (κ1) is 38.3. The maximum Gasteiger partial charge on any atom is 0.328 e.